The molecule has 6 aromatic rings. The standard InChI is InChI=1S/C26H28Cl2N6O.C21H17Cl2N3O2/c27-21-4-5-23(28)20(15-21)18-34-10-8-30-25-24(34)16-19(17-31-25)26(35)33-13-11-32(12-14-33)9-6-22-3-1-2-7-29-22;22-15-5-6-18(23)14(9-15)12-26-8-7-24-20-19(26)10-13(11-25-20)16-3-1-2-4-17(16)21(27)28/h1-5,7,15-17H,6,8-14,18H2,(H,30,31);1-6,9-11H,7-8,12H2,(H,24,25)(H,27,28). The SMILES string of the molecule is O=C(O)c1ccccc1-c1cnc2c(c1)N(Cc1cc(Cl)ccc1Cl)CCN2.O=C(c1cnc2c(c1)N(Cc1cc(Cl)ccc1Cl)CCN2)N1CCN(CCc2ccccn2)CC1. The maximum atomic E-state index is 13.3. The second-order valence-corrected chi connectivity index (χ2v) is 17.1. The largest absolute Gasteiger partial charge is 0.478 e. The van der Waals surface area contributed by atoms with Gasteiger partial charge in [0.15, 0.2) is 0 Å². The van der Waals surface area contributed by atoms with Crippen molar-refractivity contribution >= 4 is 81.3 Å². The van der Waals surface area contributed by atoms with E-state index in [0.29, 0.717) is 57.4 Å². The number of carbonyl (C=O) groups excluding carboxylic acids is 1. The van der Waals surface area contributed by atoms with Crippen LogP contribution in [0.5, 0.6) is 0 Å². The number of carbonyl (C=O) groups is 2. The molecule has 0 saturated carbocycles. The number of fused-ring (bicyclic) bond motifs is 2. The number of aromatic carboxylic acids is 1. The molecule has 3 aliphatic heterocycles. The van der Waals surface area contributed by atoms with Gasteiger partial charge in [0.05, 0.1) is 22.5 Å². The van der Waals surface area contributed by atoms with Crippen molar-refractivity contribution in [1.29, 1.82) is 0 Å². The van der Waals surface area contributed by atoms with E-state index >= 15 is 0 Å². The number of rotatable bonds is 10. The first kappa shape index (κ1) is 44.0. The van der Waals surface area contributed by atoms with Crippen LogP contribution in [-0.2, 0) is 19.5 Å². The highest BCUT2D eigenvalue weighted by Gasteiger charge is 2.26. The Bertz CT molecular complexity index is 2590. The summed E-state index contributed by atoms with van der Waals surface area (Å²) >= 11 is 25.1. The number of hydrogen-bond donors (Lipinski definition) is 3. The lowest BCUT2D eigenvalue weighted by atomic mass is 10.0. The summed E-state index contributed by atoms with van der Waals surface area (Å²) in [7, 11) is 0. The lowest BCUT2D eigenvalue weighted by Gasteiger charge is -2.35. The molecule has 0 unspecified atom stereocenters. The Balaban J connectivity index is 0.000000177. The van der Waals surface area contributed by atoms with E-state index < -0.39 is 5.97 Å². The number of anilines is 4. The van der Waals surface area contributed by atoms with Crippen molar-refractivity contribution < 1.29 is 14.7 Å². The molecule has 9 rings (SSSR count). The molecular formula is C47H45Cl4N9O3. The third kappa shape index (κ3) is 10.8. The van der Waals surface area contributed by atoms with E-state index in [1.54, 1.807) is 48.8 Å². The van der Waals surface area contributed by atoms with Gasteiger partial charge in [0.2, 0.25) is 0 Å². The molecule has 324 valence electrons. The number of pyridine rings is 3. The van der Waals surface area contributed by atoms with E-state index in [1.807, 2.05) is 59.6 Å². The number of nitrogens with zero attached hydrogens (tertiary/aromatic N) is 7. The van der Waals surface area contributed by atoms with Crippen LogP contribution in [0.4, 0.5) is 23.0 Å². The second kappa shape index (κ2) is 20.3. The van der Waals surface area contributed by atoms with Gasteiger partial charge in [-0.2, -0.15) is 0 Å². The fraction of sp³-hybridized carbons (Fsp3) is 0.255. The van der Waals surface area contributed by atoms with Crippen LogP contribution in [0.15, 0.2) is 110 Å². The Labute approximate surface area is 386 Å². The molecule has 3 aliphatic rings. The van der Waals surface area contributed by atoms with Gasteiger partial charge in [-0.05, 0) is 83.4 Å². The Kier molecular flexibility index (Phi) is 14.1. The topological polar surface area (TPSA) is 130 Å². The molecule has 63 heavy (non-hydrogen) atoms. The molecule has 0 atom stereocenters. The van der Waals surface area contributed by atoms with Gasteiger partial charge in [-0.15, -0.1) is 0 Å². The Morgan fingerprint density at radius 3 is 1.87 bits per heavy atom. The monoisotopic (exact) mass is 923 g/mol. The molecule has 0 aliphatic carbocycles. The minimum atomic E-state index is -0.964. The zero-order chi connectivity index (χ0) is 43.9. The van der Waals surface area contributed by atoms with Gasteiger partial charge in [0.25, 0.3) is 5.91 Å². The fourth-order valence-electron chi connectivity index (χ4n) is 7.95. The zero-order valence-corrected chi connectivity index (χ0v) is 37.3. The lowest BCUT2D eigenvalue weighted by Crippen LogP contribution is -2.49. The van der Waals surface area contributed by atoms with Crippen molar-refractivity contribution in [2.45, 2.75) is 19.5 Å². The van der Waals surface area contributed by atoms with Crippen LogP contribution in [-0.4, -0.2) is 101 Å². The number of hydrogen-bond acceptors (Lipinski definition) is 10. The van der Waals surface area contributed by atoms with Gasteiger partial charge < -0.3 is 30.4 Å². The minimum absolute atomic E-state index is 0.0241. The van der Waals surface area contributed by atoms with Crippen molar-refractivity contribution in [3.63, 3.8) is 0 Å². The van der Waals surface area contributed by atoms with Crippen LogP contribution in [0, 0.1) is 0 Å². The third-order valence-corrected chi connectivity index (χ3v) is 12.5. The lowest BCUT2D eigenvalue weighted by molar-refractivity contribution is 0.0636. The Morgan fingerprint density at radius 1 is 0.651 bits per heavy atom. The van der Waals surface area contributed by atoms with Crippen molar-refractivity contribution in [3.05, 3.63) is 158 Å². The van der Waals surface area contributed by atoms with Crippen molar-refractivity contribution in [2.75, 3.05) is 79.3 Å². The van der Waals surface area contributed by atoms with Crippen LogP contribution in [0.25, 0.3) is 11.1 Å². The number of benzene rings is 3. The van der Waals surface area contributed by atoms with Crippen LogP contribution in [0.1, 0.15) is 37.5 Å². The highest BCUT2D eigenvalue weighted by atomic mass is 35.5. The van der Waals surface area contributed by atoms with E-state index in [2.05, 4.69) is 46.4 Å². The van der Waals surface area contributed by atoms with Crippen molar-refractivity contribution in [1.82, 2.24) is 24.8 Å². The first-order valence-electron chi connectivity index (χ1n) is 20.7. The summed E-state index contributed by atoms with van der Waals surface area (Å²) in [5.74, 6) is 0.608. The van der Waals surface area contributed by atoms with E-state index in [-0.39, 0.29) is 11.5 Å². The molecular weight excluding hydrogens is 880 g/mol. The number of halogens is 4. The normalized spacial score (nSPS) is 14.7. The molecule has 0 radical (unpaired) electrons. The van der Waals surface area contributed by atoms with Crippen LogP contribution in [0.3, 0.4) is 0 Å². The van der Waals surface area contributed by atoms with Crippen LogP contribution >= 0.6 is 46.4 Å². The number of nitrogens with one attached hydrogen (secondary N) is 2. The van der Waals surface area contributed by atoms with Gasteiger partial charge in [-0.3, -0.25) is 14.7 Å². The number of carboxylic acids is 1. The van der Waals surface area contributed by atoms with Gasteiger partial charge in [-0.25, -0.2) is 14.8 Å². The smallest absolute Gasteiger partial charge is 0.336 e. The van der Waals surface area contributed by atoms with Crippen LogP contribution < -0.4 is 20.4 Å². The zero-order valence-electron chi connectivity index (χ0n) is 34.3. The third-order valence-electron chi connectivity index (χ3n) is 11.3. The number of piperazine rings is 1. The summed E-state index contributed by atoms with van der Waals surface area (Å²) in [6, 6.07) is 27.8. The molecule has 1 saturated heterocycles. The maximum Gasteiger partial charge on any atom is 0.336 e. The number of amides is 1. The molecule has 0 spiro atoms. The first-order chi connectivity index (χ1) is 30.6. The quantitative estimate of drug-likeness (QED) is 0.122. The molecule has 16 heteroatoms. The molecule has 3 N–H and O–H groups in total. The summed E-state index contributed by atoms with van der Waals surface area (Å²) in [5, 5.41) is 18.7. The number of aromatic nitrogens is 3. The second-order valence-electron chi connectivity index (χ2n) is 15.4. The molecule has 1 fully saturated rings. The van der Waals surface area contributed by atoms with E-state index in [0.717, 1.165) is 97.6 Å². The molecule has 1 amide bonds. The summed E-state index contributed by atoms with van der Waals surface area (Å²) in [6.07, 6.45) is 6.13. The summed E-state index contributed by atoms with van der Waals surface area (Å²) < 4.78 is 0. The van der Waals surface area contributed by atoms with E-state index in [4.69, 9.17) is 46.4 Å². The fourth-order valence-corrected chi connectivity index (χ4v) is 8.69. The molecule has 0 bridgehead atoms. The Hall–Kier alpha value is -5.63. The summed E-state index contributed by atoms with van der Waals surface area (Å²) in [4.78, 5) is 47.1. The summed E-state index contributed by atoms with van der Waals surface area (Å²) in [5.41, 5.74) is 7.03. The molecule has 6 heterocycles. The highest BCUT2D eigenvalue weighted by molar-refractivity contribution is 6.34. The highest BCUT2D eigenvalue weighted by Crippen LogP contribution is 2.36. The van der Waals surface area contributed by atoms with Gasteiger partial charge in [0.1, 0.15) is 11.6 Å². The first-order valence-corrected chi connectivity index (χ1v) is 22.2. The van der Waals surface area contributed by atoms with Gasteiger partial charge in [-0.1, -0.05) is 70.7 Å². The Morgan fingerprint density at radius 2 is 1.25 bits per heavy atom. The van der Waals surface area contributed by atoms with Crippen LogP contribution in [0.2, 0.25) is 20.1 Å². The number of carboxylic acid groups (broad SMARTS) is 1. The predicted octanol–water partition coefficient (Wildman–Crippen LogP) is 9.40. The maximum absolute atomic E-state index is 13.3. The van der Waals surface area contributed by atoms with E-state index in [9.17, 15) is 14.7 Å². The average molecular weight is 926 g/mol. The van der Waals surface area contributed by atoms with E-state index in [1.165, 1.54) is 0 Å². The predicted molar refractivity (Wildman–Crippen MR) is 253 cm³/mol. The van der Waals surface area contributed by atoms with Gasteiger partial charge in [0, 0.05) is 128 Å². The molecule has 3 aromatic carbocycles. The average Bonchev–Trinajstić information content (AvgIpc) is 3.31. The van der Waals surface area contributed by atoms with Gasteiger partial charge >= 0.3 is 5.97 Å². The summed E-state index contributed by atoms with van der Waals surface area (Å²) in [6.45, 7) is 8.33. The van der Waals surface area contributed by atoms with Crippen molar-refractivity contribution in [2.24, 2.45) is 0 Å². The molecule has 3 aromatic heterocycles. The minimum Gasteiger partial charge on any atom is -0.478 e. The van der Waals surface area contributed by atoms with Crippen molar-refractivity contribution in [3.8, 4) is 11.1 Å². The molecule has 12 nitrogen and oxygen atoms in total.